The van der Waals surface area contributed by atoms with Crippen LogP contribution in [-0.4, -0.2) is 27.7 Å². The first-order valence-corrected chi connectivity index (χ1v) is 9.11. The molecule has 1 unspecified atom stereocenters. The number of benzene rings is 3. The summed E-state index contributed by atoms with van der Waals surface area (Å²) in [5.74, 6) is -1.27. The maximum Gasteiger partial charge on any atom is 0.280 e. The highest BCUT2D eigenvalue weighted by atomic mass is 16.2. The fraction of sp³-hybridized carbons (Fsp3) is 0.0870. The van der Waals surface area contributed by atoms with Crippen molar-refractivity contribution in [3.8, 4) is 0 Å². The minimum Gasteiger partial charge on any atom is -0.267 e. The van der Waals surface area contributed by atoms with Gasteiger partial charge in [-0.05, 0) is 35.7 Å². The number of carbonyl (C=O) groups excluding carboxylic acids is 3. The second-order valence-corrected chi connectivity index (χ2v) is 6.91. The van der Waals surface area contributed by atoms with E-state index in [-0.39, 0.29) is 5.91 Å². The summed E-state index contributed by atoms with van der Waals surface area (Å²) in [5.41, 5.74) is 2.96. The molecule has 0 saturated heterocycles. The molecular weight excluding hydrogens is 352 g/mol. The van der Waals surface area contributed by atoms with E-state index < -0.39 is 17.9 Å². The Kier molecular flexibility index (Phi) is 3.62. The predicted octanol–water partition coefficient (Wildman–Crippen LogP) is 3.64. The van der Waals surface area contributed by atoms with Gasteiger partial charge in [-0.2, -0.15) is 5.01 Å². The summed E-state index contributed by atoms with van der Waals surface area (Å²) in [6.07, 6.45) is 0.527. The molecule has 3 aromatic rings. The number of hydrogen-bond donors (Lipinski definition) is 0. The van der Waals surface area contributed by atoms with Crippen LogP contribution in [0.25, 0.3) is 0 Å². The predicted molar refractivity (Wildman–Crippen MR) is 102 cm³/mol. The first kappa shape index (κ1) is 16.4. The molecule has 0 N–H and O–H groups in total. The van der Waals surface area contributed by atoms with Crippen LogP contribution < -0.4 is 0 Å². The van der Waals surface area contributed by atoms with Gasteiger partial charge in [-0.15, -0.1) is 0 Å². The van der Waals surface area contributed by atoms with Crippen molar-refractivity contribution in [3.63, 3.8) is 0 Å². The number of hydrogen-bond acceptors (Lipinski definition) is 3. The highest BCUT2D eigenvalue weighted by molar-refractivity contribution is 6.22. The van der Waals surface area contributed by atoms with Crippen LogP contribution >= 0.6 is 0 Å². The molecule has 0 bridgehead atoms. The standard InChI is InChI=1S/C23H16N2O3/c26-21-17-11-5-4-10-16(17)14-20(15-8-2-1-3-9-15)24(21)25-22(27)18-12-6-7-13-19(18)23(25)28/h1-13,20H,14H2. The van der Waals surface area contributed by atoms with Gasteiger partial charge in [0.1, 0.15) is 0 Å². The highest BCUT2D eigenvalue weighted by Gasteiger charge is 2.46. The normalized spacial score (nSPS) is 18.3. The van der Waals surface area contributed by atoms with Crippen LogP contribution in [-0.2, 0) is 6.42 Å². The highest BCUT2D eigenvalue weighted by Crippen LogP contribution is 2.37. The topological polar surface area (TPSA) is 57.7 Å². The zero-order chi connectivity index (χ0) is 19.3. The van der Waals surface area contributed by atoms with Crippen LogP contribution in [0.2, 0.25) is 0 Å². The Balaban J connectivity index is 1.67. The van der Waals surface area contributed by atoms with E-state index in [1.165, 1.54) is 5.01 Å². The number of rotatable bonds is 2. The molecule has 2 aliphatic heterocycles. The van der Waals surface area contributed by atoms with Gasteiger partial charge in [-0.25, -0.2) is 5.01 Å². The average molecular weight is 368 g/mol. The Bertz CT molecular complexity index is 1090. The van der Waals surface area contributed by atoms with Crippen LogP contribution in [0.3, 0.4) is 0 Å². The van der Waals surface area contributed by atoms with Gasteiger partial charge in [-0.3, -0.25) is 14.4 Å². The van der Waals surface area contributed by atoms with Crippen LogP contribution in [0, 0.1) is 0 Å². The van der Waals surface area contributed by atoms with E-state index in [2.05, 4.69) is 0 Å². The van der Waals surface area contributed by atoms with Crippen molar-refractivity contribution in [1.82, 2.24) is 10.0 Å². The number of nitrogens with zero attached hydrogens (tertiary/aromatic N) is 2. The Morgan fingerprint density at radius 3 is 1.79 bits per heavy atom. The van der Waals surface area contributed by atoms with Gasteiger partial charge in [0.15, 0.2) is 0 Å². The molecule has 0 aromatic heterocycles. The lowest BCUT2D eigenvalue weighted by atomic mass is 9.90. The van der Waals surface area contributed by atoms with Gasteiger partial charge in [0, 0.05) is 5.56 Å². The van der Waals surface area contributed by atoms with E-state index in [1.807, 2.05) is 42.5 Å². The van der Waals surface area contributed by atoms with Crippen molar-refractivity contribution in [2.45, 2.75) is 12.5 Å². The quantitative estimate of drug-likeness (QED) is 0.649. The maximum absolute atomic E-state index is 13.4. The lowest BCUT2D eigenvalue weighted by molar-refractivity contribution is -0.0155. The van der Waals surface area contributed by atoms with Gasteiger partial charge < -0.3 is 0 Å². The largest absolute Gasteiger partial charge is 0.280 e. The molecule has 5 heteroatoms. The van der Waals surface area contributed by atoms with Crippen molar-refractivity contribution in [2.75, 3.05) is 0 Å². The maximum atomic E-state index is 13.4. The van der Waals surface area contributed by atoms with Crippen molar-refractivity contribution >= 4 is 17.7 Å². The molecule has 0 spiro atoms. The number of imide groups is 1. The third-order valence-corrected chi connectivity index (χ3v) is 5.34. The Labute approximate surface area is 161 Å². The van der Waals surface area contributed by atoms with E-state index in [0.717, 1.165) is 16.1 Å². The molecule has 3 aromatic carbocycles. The van der Waals surface area contributed by atoms with Gasteiger partial charge in [0.2, 0.25) is 0 Å². The van der Waals surface area contributed by atoms with Crippen LogP contribution in [0.5, 0.6) is 0 Å². The second kappa shape index (κ2) is 6.16. The van der Waals surface area contributed by atoms with Crippen LogP contribution in [0.15, 0.2) is 78.9 Å². The Morgan fingerprint density at radius 1 is 0.607 bits per heavy atom. The van der Waals surface area contributed by atoms with Gasteiger partial charge in [0.25, 0.3) is 17.7 Å². The monoisotopic (exact) mass is 368 g/mol. The number of carbonyl (C=O) groups is 3. The molecule has 2 aliphatic rings. The zero-order valence-electron chi connectivity index (χ0n) is 14.9. The summed E-state index contributed by atoms with van der Waals surface area (Å²) in [4.78, 5) is 39.5. The SMILES string of the molecule is O=C1c2ccccc2C(=O)N1N1C(=O)c2ccccc2CC1c1ccccc1. The summed E-state index contributed by atoms with van der Waals surface area (Å²) in [7, 11) is 0. The summed E-state index contributed by atoms with van der Waals surface area (Å²) >= 11 is 0. The molecule has 1 atom stereocenters. The molecule has 0 radical (unpaired) electrons. The summed E-state index contributed by atoms with van der Waals surface area (Å²) in [6.45, 7) is 0. The number of hydrazine groups is 1. The van der Waals surface area contributed by atoms with Crippen molar-refractivity contribution < 1.29 is 14.4 Å². The van der Waals surface area contributed by atoms with Gasteiger partial charge in [-0.1, -0.05) is 60.7 Å². The lowest BCUT2D eigenvalue weighted by Crippen LogP contribution is -2.53. The molecule has 136 valence electrons. The minimum atomic E-state index is -0.464. The van der Waals surface area contributed by atoms with E-state index in [0.29, 0.717) is 23.1 Å². The molecule has 5 nitrogen and oxygen atoms in total. The average Bonchev–Trinajstić information content (AvgIpc) is 2.99. The molecule has 0 fully saturated rings. The molecular formula is C23H16N2O3. The van der Waals surface area contributed by atoms with Crippen LogP contribution in [0.1, 0.15) is 48.2 Å². The summed E-state index contributed by atoms with van der Waals surface area (Å²) in [6, 6.07) is 23.1. The minimum absolute atomic E-state index is 0.325. The first-order chi connectivity index (χ1) is 13.7. The van der Waals surface area contributed by atoms with Crippen molar-refractivity contribution in [2.24, 2.45) is 0 Å². The van der Waals surface area contributed by atoms with Gasteiger partial charge >= 0.3 is 0 Å². The fourth-order valence-corrected chi connectivity index (χ4v) is 4.00. The molecule has 28 heavy (non-hydrogen) atoms. The summed E-state index contributed by atoms with van der Waals surface area (Å²) < 4.78 is 0. The molecule has 3 amide bonds. The van der Waals surface area contributed by atoms with Crippen molar-refractivity contribution in [3.05, 3.63) is 107 Å². The van der Waals surface area contributed by atoms with E-state index >= 15 is 0 Å². The van der Waals surface area contributed by atoms with Gasteiger partial charge in [0.05, 0.1) is 17.2 Å². The van der Waals surface area contributed by atoms with Crippen LogP contribution in [0.4, 0.5) is 0 Å². The van der Waals surface area contributed by atoms with E-state index in [4.69, 9.17) is 0 Å². The number of fused-ring (bicyclic) bond motifs is 2. The third kappa shape index (κ3) is 2.29. The molecule has 2 heterocycles. The molecule has 0 aliphatic carbocycles. The molecule has 0 saturated carbocycles. The number of amides is 3. The Hall–Kier alpha value is -3.73. The van der Waals surface area contributed by atoms with E-state index in [1.54, 1.807) is 36.4 Å². The lowest BCUT2D eigenvalue weighted by Gasteiger charge is -2.40. The first-order valence-electron chi connectivity index (χ1n) is 9.11. The smallest absolute Gasteiger partial charge is 0.267 e. The molecule has 5 rings (SSSR count). The second-order valence-electron chi connectivity index (χ2n) is 6.91. The fourth-order valence-electron chi connectivity index (χ4n) is 4.00. The third-order valence-electron chi connectivity index (χ3n) is 5.34. The van der Waals surface area contributed by atoms with Crippen molar-refractivity contribution in [1.29, 1.82) is 0 Å². The zero-order valence-corrected chi connectivity index (χ0v) is 14.9. The van der Waals surface area contributed by atoms with E-state index in [9.17, 15) is 14.4 Å². The summed E-state index contributed by atoms with van der Waals surface area (Å²) in [5, 5.41) is 2.35. The Morgan fingerprint density at radius 2 is 1.14 bits per heavy atom.